The van der Waals surface area contributed by atoms with Crippen LogP contribution < -0.4 is 0 Å². The van der Waals surface area contributed by atoms with Gasteiger partial charge in [-0.2, -0.15) is 0 Å². The topological polar surface area (TPSA) is 90.7 Å². The highest BCUT2D eigenvalue weighted by Gasteiger charge is 2.13. The summed E-state index contributed by atoms with van der Waals surface area (Å²) in [7, 11) is 0. The van der Waals surface area contributed by atoms with Crippen LogP contribution in [0.3, 0.4) is 0 Å². The molecule has 0 saturated carbocycles. The van der Waals surface area contributed by atoms with E-state index in [1.165, 1.54) is 6.08 Å². The van der Waals surface area contributed by atoms with E-state index in [1.807, 2.05) is 36.4 Å². The Morgan fingerprint density at radius 3 is 2.61 bits per heavy atom. The number of pyridine rings is 1. The Bertz CT molecular complexity index is 670. The van der Waals surface area contributed by atoms with E-state index in [2.05, 4.69) is 4.98 Å². The Balaban J connectivity index is 2.10. The molecule has 5 heteroatoms. The molecule has 0 aliphatic carbocycles. The second-order valence-electron chi connectivity index (χ2n) is 5.24. The lowest BCUT2D eigenvalue weighted by Crippen LogP contribution is -2.19. The molecule has 2 atom stereocenters. The second kappa shape index (κ2) is 8.22. The molecule has 0 aliphatic heterocycles. The lowest BCUT2D eigenvalue weighted by molar-refractivity contribution is -0.139. The van der Waals surface area contributed by atoms with E-state index in [-0.39, 0.29) is 12.8 Å². The zero-order chi connectivity index (χ0) is 16.7. The smallest absolute Gasteiger partial charge is 0.305 e. The number of aromatic nitrogens is 1. The van der Waals surface area contributed by atoms with Crippen LogP contribution in [0.1, 0.15) is 18.4 Å². The largest absolute Gasteiger partial charge is 0.481 e. The van der Waals surface area contributed by atoms with Crippen molar-refractivity contribution in [1.82, 2.24) is 4.98 Å². The van der Waals surface area contributed by atoms with Crippen molar-refractivity contribution in [3.63, 3.8) is 0 Å². The maximum absolute atomic E-state index is 10.5. The average molecular weight is 313 g/mol. The van der Waals surface area contributed by atoms with Crippen molar-refractivity contribution in [3.05, 3.63) is 60.4 Å². The van der Waals surface area contributed by atoms with E-state index >= 15 is 0 Å². The lowest BCUT2D eigenvalue weighted by Gasteiger charge is -2.11. The van der Waals surface area contributed by atoms with E-state index in [0.717, 1.165) is 16.7 Å². The summed E-state index contributed by atoms with van der Waals surface area (Å²) < 4.78 is 0. The van der Waals surface area contributed by atoms with Crippen molar-refractivity contribution in [2.45, 2.75) is 25.0 Å². The second-order valence-corrected chi connectivity index (χ2v) is 5.24. The number of carbonyl (C=O) groups is 1. The number of aliphatic hydroxyl groups excluding tert-OH is 2. The summed E-state index contributed by atoms with van der Waals surface area (Å²) in [5, 5.41) is 28.0. The number of nitrogens with zero attached hydrogens (tertiary/aromatic N) is 1. The fraction of sp³-hybridized carbons (Fsp3) is 0.222. The normalized spacial score (nSPS) is 13.8. The van der Waals surface area contributed by atoms with Gasteiger partial charge >= 0.3 is 5.97 Å². The minimum Gasteiger partial charge on any atom is -0.481 e. The number of benzene rings is 1. The van der Waals surface area contributed by atoms with Gasteiger partial charge in [0, 0.05) is 24.4 Å². The first kappa shape index (κ1) is 16.9. The number of rotatable bonds is 7. The van der Waals surface area contributed by atoms with Gasteiger partial charge in [-0.15, -0.1) is 0 Å². The summed E-state index contributed by atoms with van der Waals surface area (Å²) in [6, 6.07) is 11.7. The summed E-state index contributed by atoms with van der Waals surface area (Å²) in [6.45, 7) is 0. The molecular weight excluding hydrogens is 294 g/mol. The van der Waals surface area contributed by atoms with Crippen molar-refractivity contribution in [1.29, 1.82) is 0 Å². The van der Waals surface area contributed by atoms with Crippen molar-refractivity contribution in [3.8, 4) is 11.1 Å². The zero-order valence-corrected chi connectivity index (χ0v) is 12.5. The third-order valence-corrected chi connectivity index (χ3v) is 3.36. The summed E-state index contributed by atoms with van der Waals surface area (Å²) in [5.74, 6) is -1.09. The van der Waals surface area contributed by atoms with Gasteiger partial charge in [-0.1, -0.05) is 42.5 Å². The Kier molecular flexibility index (Phi) is 6.02. The molecule has 1 heterocycles. The molecule has 0 bridgehead atoms. The molecule has 0 spiro atoms. The molecule has 1 aromatic carbocycles. The van der Waals surface area contributed by atoms with Gasteiger partial charge in [-0.3, -0.25) is 9.78 Å². The molecule has 0 saturated heterocycles. The molecular formula is C18H19NO4. The third kappa shape index (κ3) is 5.32. The summed E-state index contributed by atoms with van der Waals surface area (Å²) >= 11 is 0. The van der Waals surface area contributed by atoms with E-state index in [4.69, 9.17) is 5.11 Å². The fourth-order valence-corrected chi connectivity index (χ4v) is 2.28. The Labute approximate surface area is 134 Å². The molecule has 3 N–H and O–H groups in total. The predicted molar refractivity (Wildman–Crippen MR) is 87.6 cm³/mol. The van der Waals surface area contributed by atoms with Crippen LogP contribution in [-0.2, 0) is 4.79 Å². The third-order valence-electron chi connectivity index (χ3n) is 3.36. The van der Waals surface area contributed by atoms with Crippen molar-refractivity contribution in [2.24, 2.45) is 0 Å². The molecule has 5 nitrogen and oxygen atoms in total. The predicted octanol–water partition coefficient (Wildman–Crippen LogP) is 2.35. The molecule has 0 fully saturated rings. The van der Waals surface area contributed by atoms with E-state index in [1.54, 1.807) is 18.5 Å². The molecule has 0 aliphatic rings. The van der Waals surface area contributed by atoms with Gasteiger partial charge in [-0.05, 0) is 17.2 Å². The van der Waals surface area contributed by atoms with Crippen LogP contribution in [0.4, 0.5) is 0 Å². The quantitative estimate of drug-likeness (QED) is 0.730. The average Bonchev–Trinajstić information content (AvgIpc) is 2.53. The SMILES string of the molecule is O=C(O)CC(O)CC(O)/C=C/c1cnccc1-c1ccccc1. The molecule has 0 amide bonds. The Morgan fingerprint density at radius 2 is 1.91 bits per heavy atom. The Morgan fingerprint density at radius 1 is 1.17 bits per heavy atom. The van der Waals surface area contributed by atoms with Crippen molar-refractivity contribution < 1.29 is 20.1 Å². The highest BCUT2D eigenvalue weighted by Crippen LogP contribution is 2.23. The first-order valence-electron chi connectivity index (χ1n) is 7.32. The molecule has 2 rings (SSSR count). The van der Waals surface area contributed by atoms with Crippen LogP contribution in [-0.4, -0.2) is 38.5 Å². The van der Waals surface area contributed by atoms with Crippen molar-refractivity contribution >= 4 is 12.0 Å². The summed E-state index contributed by atoms with van der Waals surface area (Å²) in [6.07, 6.45) is 4.26. The minimum absolute atomic E-state index is 0.0241. The van der Waals surface area contributed by atoms with Gasteiger partial charge in [-0.25, -0.2) is 0 Å². The standard InChI is InChI=1S/C18H19NO4/c20-15(10-16(21)11-18(22)23)7-6-14-12-19-9-8-17(14)13-4-2-1-3-5-13/h1-9,12,15-16,20-21H,10-11H2,(H,22,23)/b7-6+. The first-order chi connectivity index (χ1) is 11.1. The van der Waals surface area contributed by atoms with Crippen LogP contribution in [0, 0.1) is 0 Å². The molecule has 2 aromatic rings. The van der Waals surface area contributed by atoms with Gasteiger partial charge in [0.05, 0.1) is 18.6 Å². The van der Waals surface area contributed by atoms with Gasteiger partial charge in [0.2, 0.25) is 0 Å². The van der Waals surface area contributed by atoms with Crippen LogP contribution in [0.5, 0.6) is 0 Å². The molecule has 0 radical (unpaired) electrons. The highest BCUT2D eigenvalue weighted by atomic mass is 16.4. The van der Waals surface area contributed by atoms with Gasteiger partial charge < -0.3 is 15.3 Å². The lowest BCUT2D eigenvalue weighted by atomic mass is 10.0. The van der Waals surface area contributed by atoms with Gasteiger partial charge in [0.25, 0.3) is 0 Å². The number of hydrogen-bond acceptors (Lipinski definition) is 4. The summed E-state index contributed by atoms with van der Waals surface area (Å²) in [4.78, 5) is 14.6. The van der Waals surface area contributed by atoms with Gasteiger partial charge in [0.1, 0.15) is 0 Å². The van der Waals surface area contributed by atoms with Crippen LogP contribution in [0.2, 0.25) is 0 Å². The number of carboxylic acid groups (broad SMARTS) is 1. The monoisotopic (exact) mass is 313 g/mol. The van der Waals surface area contributed by atoms with Crippen molar-refractivity contribution in [2.75, 3.05) is 0 Å². The van der Waals surface area contributed by atoms with E-state index < -0.39 is 18.2 Å². The first-order valence-corrected chi connectivity index (χ1v) is 7.32. The Hall–Kier alpha value is -2.50. The molecule has 1 aromatic heterocycles. The van der Waals surface area contributed by atoms with Crippen LogP contribution >= 0.6 is 0 Å². The molecule has 23 heavy (non-hydrogen) atoms. The maximum atomic E-state index is 10.5. The maximum Gasteiger partial charge on any atom is 0.305 e. The number of aliphatic hydroxyl groups is 2. The fourth-order valence-electron chi connectivity index (χ4n) is 2.28. The van der Waals surface area contributed by atoms with E-state index in [9.17, 15) is 15.0 Å². The number of carboxylic acids is 1. The highest BCUT2D eigenvalue weighted by molar-refractivity contribution is 5.74. The van der Waals surface area contributed by atoms with E-state index in [0.29, 0.717) is 0 Å². The summed E-state index contributed by atoms with van der Waals surface area (Å²) in [5.41, 5.74) is 2.86. The van der Waals surface area contributed by atoms with Gasteiger partial charge in [0.15, 0.2) is 0 Å². The minimum atomic E-state index is -1.09. The molecule has 2 unspecified atom stereocenters. The molecule has 120 valence electrons. The van der Waals surface area contributed by atoms with Crippen LogP contribution in [0.25, 0.3) is 17.2 Å². The number of aliphatic carboxylic acids is 1. The zero-order valence-electron chi connectivity index (χ0n) is 12.5. The number of hydrogen-bond donors (Lipinski definition) is 3. The van der Waals surface area contributed by atoms with Crippen LogP contribution in [0.15, 0.2) is 54.9 Å².